The van der Waals surface area contributed by atoms with Gasteiger partial charge in [-0.25, -0.2) is 13.4 Å². The van der Waals surface area contributed by atoms with Crippen LogP contribution in [0.25, 0.3) is 16.9 Å². The Bertz CT molecular complexity index is 1400. The maximum atomic E-state index is 13.0. The Morgan fingerprint density at radius 2 is 1.65 bits per heavy atom. The Hall–Kier alpha value is -3.23. The van der Waals surface area contributed by atoms with Crippen LogP contribution in [0.4, 0.5) is 0 Å². The lowest BCUT2D eigenvalue weighted by atomic mass is 10.1. The summed E-state index contributed by atoms with van der Waals surface area (Å²) in [6.45, 7) is 1.25. The monoisotopic (exact) mass is 434 g/mol. The van der Waals surface area contributed by atoms with E-state index in [0.29, 0.717) is 13.1 Å². The largest absolute Gasteiger partial charge is 0.308 e. The fraction of sp³-hybridized carbons (Fsp3) is 0.217. The van der Waals surface area contributed by atoms with Gasteiger partial charge in [0.05, 0.1) is 22.8 Å². The van der Waals surface area contributed by atoms with Gasteiger partial charge < -0.3 is 8.97 Å². The van der Waals surface area contributed by atoms with Crippen LogP contribution in [-0.4, -0.2) is 39.8 Å². The molecule has 1 aliphatic heterocycles. The van der Waals surface area contributed by atoms with E-state index < -0.39 is 10.0 Å². The molecule has 158 valence electrons. The van der Waals surface area contributed by atoms with Gasteiger partial charge in [-0.2, -0.15) is 4.31 Å². The first-order chi connectivity index (χ1) is 15.0. The molecule has 0 spiro atoms. The Labute approximate surface area is 180 Å². The first kappa shape index (κ1) is 19.7. The van der Waals surface area contributed by atoms with Gasteiger partial charge in [-0.15, -0.1) is 0 Å². The number of pyridine rings is 2. The van der Waals surface area contributed by atoms with E-state index in [1.165, 1.54) is 27.2 Å². The number of rotatable bonds is 5. The first-order valence-corrected chi connectivity index (χ1v) is 11.7. The van der Waals surface area contributed by atoms with Crippen molar-refractivity contribution in [3.8, 4) is 11.3 Å². The normalized spacial score (nSPS) is 15.0. The minimum Gasteiger partial charge on any atom is -0.308 e. The minimum atomic E-state index is -3.61. The van der Waals surface area contributed by atoms with E-state index in [1.807, 2.05) is 59.1 Å². The summed E-state index contributed by atoms with van der Waals surface area (Å²) in [5.41, 5.74) is 3.04. The van der Waals surface area contributed by atoms with E-state index in [1.54, 1.807) is 0 Å². The number of nitrogens with zero attached hydrogens (tertiary/aromatic N) is 4. The third kappa shape index (κ3) is 3.58. The van der Waals surface area contributed by atoms with Gasteiger partial charge in [0.25, 0.3) is 5.56 Å². The quantitative estimate of drug-likeness (QED) is 0.484. The molecule has 8 heteroatoms. The van der Waals surface area contributed by atoms with Crippen molar-refractivity contribution < 1.29 is 8.42 Å². The molecule has 4 aromatic rings. The van der Waals surface area contributed by atoms with Gasteiger partial charge in [0.15, 0.2) is 0 Å². The van der Waals surface area contributed by atoms with Crippen LogP contribution in [0.5, 0.6) is 0 Å². The van der Waals surface area contributed by atoms with Crippen molar-refractivity contribution in [1.29, 1.82) is 0 Å². The van der Waals surface area contributed by atoms with Crippen LogP contribution in [0.2, 0.25) is 0 Å². The van der Waals surface area contributed by atoms with E-state index in [9.17, 15) is 13.2 Å². The number of imidazole rings is 1. The molecule has 1 fully saturated rings. The molecule has 4 heterocycles. The maximum Gasteiger partial charge on any atom is 0.250 e. The van der Waals surface area contributed by atoms with Gasteiger partial charge in [0.1, 0.15) is 5.65 Å². The molecule has 0 unspecified atom stereocenters. The number of sulfonamides is 1. The van der Waals surface area contributed by atoms with Crippen molar-refractivity contribution >= 4 is 15.7 Å². The predicted octanol–water partition coefficient (Wildman–Crippen LogP) is 3.00. The zero-order chi connectivity index (χ0) is 21.4. The van der Waals surface area contributed by atoms with E-state index in [2.05, 4.69) is 0 Å². The average Bonchev–Trinajstić information content (AvgIpc) is 3.45. The Balaban J connectivity index is 1.61. The molecule has 0 aliphatic carbocycles. The fourth-order valence-electron chi connectivity index (χ4n) is 4.05. The number of fused-ring (bicyclic) bond motifs is 1. The summed E-state index contributed by atoms with van der Waals surface area (Å²) in [4.78, 5) is 17.6. The number of benzene rings is 1. The van der Waals surface area contributed by atoms with E-state index in [-0.39, 0.29) is 17.0 Å². The second-order valence-corrected chi connectivity index (χ2v) is 9.58. The van der Waals surface area contributed by atoms with E-state index >= 15 is 0 Å². The molecule has 0 amide bonds. The lowest BCUT2D eigenvalue weighted by molar-refractivity contribution is 0.476. The highest BCUT2D eigenvalue weighted by molar-refractivity contribution is 7.89. The van der Waals surface area contributed by atoms with Crippen molar-refractivity contribution in [2.24, 2.45) is 0 Å². The highest BCUT2D eigenvalue weighted by Gasteiger charge is 2.28. The van der Waals surface area contributed by atoms with Gasteiger partial charge in [-0.3, -0.25) is 4.79 Å². The summed E-state index contributed by atoms with van der Waals surface area (Å²) in [6, 6.07) is 18.2. The van der Waals surface area contributed by atoms with Crippen LogP contribution in [-0.2, 0) is 16.6 Å². The summed E-state index contributed by atoms with van der Waals surface area (Å²) in [7, 11) is -3.61. The molecule has 3 aromatic heterocycles. The molecular formula is C23H22N4O3S. The van der Waals surface area contributed by atoms with Gasteiger partial charge in [-0.05, 0) is 31.0 Å². The average molecular weight is 435 g/mol. The van der Waals surface area contributed by atoms with Crippen molar-refractivity contribution in [2.75, 3.05) is 13.1 Å². The zero-order valence-electron chi connectivity index (χ0n) is 16.9. The molecule has 0 bridgehead atoms. The SMILES string of the molecule is O=c1ccc(S(=O)(=O)N2CCCC2)cn1Cc1c(-c2ccccc2)nc2ccccn12. The predicted molar refractivity (Wildman–Crippen MR) is 118 cm³/mol. The second-order valence-electron chi connectivity index (χ2n) is 7.64. The van der Waals surface area contributed by atoms with Crippen LogP contribution in [0, 0.1) is 0 Å². The Morgan fingerprint density at radius 3 is 2.42 bits per heavy atom. The third-order valence-corrected chi connectivity index (χ3v) is 7.54. The molecular weight excluding hydrogens is 412 g/mol. The summed E-state index contributed by atoms with van der Waals surface area (Å²) in [5, 5.41) is 0. The topological polar surface area (TPSA) is 76.7 Å². The molecule has 1 saturated heterocycles. The smallest absolute Gasteiger partial charge is 0.250 e. The summed E-state index contributed by atoms with van der Waals surface area (Å²) >= 11 is 0. The molecule has 1 aliphatic rings. The molecule has 0 N–H and O–H groups in total. The Morgan fingerprint density at radius 1 is 0.903 bits per heavy atom. The fourth-order valence-corrected chi connectivity index (χ4v) is 5.59. The van der Waals surface area contributed by atoms with Crippen molar-refractivity contribution in [3.63, 3.8) is 0 Å². The standard InChI is InChI=1S/C23H22N4O3S/c28-22-12-11-19(31(29,30)26-13-6-7-14-26)16-25(22)17-20-23(18-8-2-1-3-9-18)24-21-10-4-5-15-27(20)21/h1-5,8-12,15-16H,6-7,13-14,17H2. The van der Waals surface area contributed by atoms with Gasteiger partial charge >= 0.3 is 0 Å². The van der Waals surface area contributed by atoms with Crippen molar-refractivity contribution in [2.45, 2.75) is 24.3 Å². The van der Waals surface area contributed by atoms with Gasteiger partial charge in [0.2, 0.25) is 10.0 Å². The highest BCUT2D eigenvalue weighted by atomic mass is 32.2. The van der Waals surface area contributed by atoms with Crippen LogP contribution in [0.1, 0.15) is 18.5 Å². The summed E-state index contributed by atoms with van der Waals surface area (Å²) < 4.78 is 30.9. The van der Waals surface area contributed by atoms with Crippen LogP contribution in [0.3, 0.4) is 0 Å². The molecule has 31 heavy (non-hydrogen) atoms. The molecule has 0 saturated carbocycles. The minimum absolute atomic E-state index is 0.143. The zero-order valence-corrected chi connectivity index (χ0v) is 17.7. The maximum absolute atomic E-state index is 13.0. The second kappa shape index (κ2) is 7.79. The summed E-state index contributed by atoms with van der Waals surface area (Å²) in [5.74, 6) is 0. The molecule has 1 aromatic carbocycles. The third-order valence-electron chi connectivity index (χ3n) is 5.66. The van der Waals surface area contributed by atoms with Crippen molar-refractivity contribution in [1.82, 2.24) is 18.3 Å². The first-order valence-electron chi connectivity index (χ1n) is 10.3. The highest BCUT2D eigenvalue weighted by Crippen LogP contribution is 2.25. The lowest BCUT2D eigenvalue weighted by Gasteiger charge is -2.16. The molecule has 5 rings (SSSR count). The Kier molecular flexibility index (Phi) is 4.95. The number of aromatic nitrogens is 3. The summed E-state index contributed by atoms with van der Waals surface area (Å²) in [6.07, 6.45) is 5.08. The van der Waals surface area contributed by atoms with E-state index in [0.717, 1.165) is 35.4 Å². The molecule has 7 nitrogen and oxygen atoms in total. The van der Waals surface area contributed by atoms with Gasteiger partial charge in [0, 0.05) is 37.1 Å². The van der Waals surface area contributed by atoms with Crippen LogP contribution < -0.4 is 5.56 Å². The van der Waals surface area contributed by atoms with Crippen LogP contribution >= 0.6 is 0 Å². The van der Waals surface area contributed by atoms with Gasteiger partial charge in [-0.1, -0.05) is 36.4 Å². The number of hydrogen-bond acceptors (Lipinski definition) is 4. The number of hydrogen-bond donors (Lipinski definition) is 0. The molecule has 0 radical (unpaired) electrons. The van der Waals surface area contributed by atoms with E-state index in [4.69, 9.17) is 4.98 Å². The van der Waals surface area contributed by atoms with Crippen LogP contribution in [0.15, 0.2) is 82.7 Å². The molecule has 0 atom stereocenters. The lowest BCUT2D eigenvalue weighted by Crippen LogP contribution is -2.30. The van der Waals surface area contributed by atoms with Crippen molar-refractivity contribution in [3.05, 3.63) is 89.1 Å².